The number of sulfonamides is 1. The second-order valence-corrected chi connectivity index (χ2v) is 10.3. The summed E-state index contributed by atoms with van der Waals surface area (Å²) >= 11 is 1.38. The van der Waals surface area contributed by atoms with E-state index in [1.807, 2.05) is 41.8 Å². The molecule has 0 spiro atoms. The quantitative estimate of drug-likeness (QED) is 0.552. The van der Waals surface area contributed by atoms with Crippen LogP contribution in [0.3, 0.4) is 0 Å². The molecule has 0 bridgehead atoms. The molecule has 3 rings (SSSR count). The number of carbonyl (C=O) groups is 2. The molecule has 0 saturated carbocycles. The third kappa shape index (κ3) is 9.05. The summed E-state index contributed by atoms with van der Waals surface area (Å²) in [5.74, 6) is -2.90. The molecule has 2 heterocycles. The van der Waals surface area contributed by atoms with Crippen molar-refractivity contribution in [2.45, 2.75) is 12.6 Å². The van der Waals surface area contributed by atoms with Gasteiger partial charge in [-0.3, -0.25) is 4.79 Å². The van der Waals surface area contributed by atoms with E-state index in [2.05, 4.69) is 5.32 Å². The molecule has 1 aromatic carbocycles. The molecule has 188 valence electrons. The first-order valence-electron chi connectivity index (χ1n) is 10.4. The second-order valence-electron chi connectivity index (χ2n) is 7.27. The highest BCUT2D eigenvalue weighted by Gasteiger charge is 2.38. The van der Waals surface area contributed by atoms with E-state index in [4.69, 9.17) is 9.90 Å². The number of carbonyl (C=O) groups excluding carboxylic acids is 1. The maximum atomic E-state index is 12.8. The van der Waals surface area contributed by atoms with Crippen LogP contribution in [0, 0.1) is 0 Å². The number of alkyl halides is 3. The fourth-order valence-electron chi connectivity index (χ4n) is 3.06. The predicted octanol–water partition coefficient (Wildman–Crippen LogP) is 2.30. The first-order chi connectivity index (χ1) is 16.0. The minimum Gasteiger partial charge on any atom is -0.475 e. The van der Waals surface area contributed by atoms with Crippen LogP contribution in [0.2, 0.25) is 0 Å². The largest absolute Gasteiger partial charge is 0.490 e. The van der Waals surface area contributed by atoms with Crippen molar-refractivity contribution >= 4 is 33.2 Å². The first-order valence-corrected chi connectivity index (χ1v) is 12.8. The number of carboxylic acid groups (broad SMARTS) is 1. The molecule has 34 heavy (non-hydrogen) atoms. The van der Waals surface area contributed by atoms with E-state index in [1.165, 1.54) is 15.6 Å². The van der Waals surface area contributed by atoms with Crippen LogP contribution in [0.15, 0.2) is 47.8 Å². The van der Waals surface area contributed by atoms with Crippen LogP contribution in [0.4, 0.5) is 13.2 Å². The van der Waals surface area contributed by atoms with Crippen LogP contribution < -0.4 is 5.32 Å². The van der Waals surface area contributed by atoms with Crippen molar-refractivity contribution in [2.24, 2.45) is 0 Å². The Labute approximate surface area is 200 Å². The Morgan fingerprint density at radius 2 is 1.68 bits per heavy atom. The normalized spacial score (nSPS) is 14.7. The highest BCUT2D eigenvalue weighted by molar-refractivity contribution is 7.89. The Kier molecular flexibility index (Phi) is 10.5. The summed E-state index contributed by atoms with van der Waals surface area (Å²) in [7, 11) is -3.36. The molecule has 13 heteroatoms. The lowest BCUT2D eigenvalue weighted by Gasteiger charge is -2.28. The van der Waals surface area contributed by atoms with Crippen molar-refractivity contribution in [3.05, 3.63) is 58.3 Å². The summed E-state index contributed by atoms with van der Waals surface area (Å²) in [5, 5.41) is 12.1. The Bertz CT molecular complexity index is 1010. The predicted molar refractivity (Wildman–Crippen MR) is 122 cm³/mol. The van der Waals surface area contributed by atoms with Crippen molar-refractivity contribution in [1.29, 1.82) is 0 Å². The Hall–Kier alpha value is -2.48. The van der Waals surface area contributed by atoms with E-state index in [1.54, 1.807) is 11.0 Å². The SMILES string of the molecule is O=C(O)C(F)(F)F.O=C(c1cccs1)N(CCc1ccccc1)CCS(=O)(=O)N1CCNCC1. The number of nitrogens with one attached hydrogen (secondary N) is 1. The maximum Gasteiger partial charge on any atom is 0.490 e. The number of amides is 1. The minimum absolute atomic E-state index is 0.0428. The van der Waals surface area contributed by atoms with Gasteiger partial charge in [-0.15, -0.1) is 11.3 Å². The Morgan fingerprint density at radius 1 is 1.06 bits per heavy atom. The Balaban J connectivity index is 0.000000509. The number of carboxylic acids is 1. The van der Waals surface area contributed by atoms with Gasteiger partial charge in [-0.2, -0.15) is 17.5 Å². The molecule has 0 radical (unpaired) electrons. The molecule has 1 fully saturated rings. The van der Waals surface area contributed by atoms with Crippen LogP contribution in [0.5, 0.6) is 0 Å². The topological polar surface area (TPSA) is 107 Å². The smallest absolute Gasteiger partial charge is 0.475 e. The van der Waals surface area contributed by atoms with Gasteiger partial charge in [0.1, 0.15) is 0 Å². The molecular formula is C21H26F3N3O5S2. The highest BCUT2D eigenvalue weighted by atomic mass is 32.2. The fourth-order valence-corrected chi connectivity index (χ4v) is 5.20. The molecule has 8 nitrogen and oxygen atoms in total. The monoisotopic (exact) mass is 521 g/mol. The molecular weight excluding hydrogens is 495 g/mol. The average Bonchev–Trinajstić information content (AvgIpc) is 3.35. The van der Waals surface area contributed by atoms with Gasteiger partial charge in [-0.1, -0.05) is 36.4 Å². The van der Waals surface area contributed by atoms with Gasteiger partial charge >= 0.3 is 12.1 Å². The number of nitrogens with zero attached hydrogens (tertiary/aromatic N) is 2. The van der Waals surface area contributed by atoms with Crippen LogP contribution in [0.25, 0.3) is 0 Å². The maximum absolute atomic E-state index is 12.8. The zero-order chi connectivity index (χ0) is 25.2. The highest BCUT2D eigenvalue weighted by Crippen LogP contribution is 2.14. The fraction of sp³-hybridized carbons (Fsp3) is 0.429. The molecule has 1 amide bonds. The van der Waals surface area contributed by atoms with E-state index >= 15 is 0 Å². The van der Waals surface area contributed by atoms with Crippen molar-refractivity contribution in [1.82, 2.24) is 14.5 Å². The Morgan fingerprint density at radius 3 is 2.21 bits per heavy atom. The zero-order valence-corrected chi connectivity index (χ0v) is 19.8. The second kappa shape index (κ2) is 12.8. The number of thiophene rings is 1. The molecule has 2 aromatic rings. The lowest BCUT2D eigenvalue weighted by Crippen LogP contribution is -2.48. The molecule has 1 aliphatic rings. The number of hydrogen-bond acceptors (Lipinski definition) is 6. The standard InChI is InChI=1S/C19H25N3O3S2.C2HF3O2/c23-19(18-7-4-15-26-18)21(11-8-17-5-2-1-3-6-17)14-16-27(24,25)22-12-9-20-10-13-22;3-2(4,5)1(6)7/h1-7,15,20H,8-14,16H2;(H,6,7). The summed E-state index contributed by atoms with van der Waals surface area (Å²) in [6.07, 6.45) is -4.38. The van der Waals surface area contributed by atoms with Gasteiger partial charge in [0.2, 0.25) is 10.0 Å². The molecule has 2 N–H and O–H groups in total. The number of rotatable bonds is 8. The van der Waals surface area contributed by atoms with E-state index in [9.17, 15) is 26.4 Å². The number of piperazine rings is 1. The van der Waals surface area contributed by atoms with Crippen LogP contribution >= 0.6 is 11.3 Å². The summed E-state index contributed by atoms with van der Waals surface area (Å²) < 4.78 is 58.5. The zero-order valence-electron chi connectivity index (χ0n) is 18.2. The number of aliphatic carboxylic acids is 1. The number of hydrogen-bond donors (Lipinski definition) is 2. The summed E-state index contributed by atoms with van der Waals surface area (Å²) in [6.45, 7) is 3.03. The lowest BCUT2D eigenvalue weighted by atomic mass is 10.1. The van der Waals surface area contributed by atoms with Gasteiger partial charge < -0.3 is 15.3 Å². The first kappa shape index (κ1) is 27.8. The lowest BCUT2D eigenvalue weighted by molar-refractivity contribution is -0.192. The molecule has 1 saturated heterocycles. The van der Waals surface area contributed by atoms with Crippen LogP contribution in [0.1, 0.15) is 15.2 Å². The number of benzene rings is 1. The van der Waals surface area contributed by atoms with Crippen molar-refractivity contribution in [3.8, 4) is 0 Å². The van der Waals surface area contributed by atoms with Gasteiger partial charge in [0.05, 0.1) is 10.6 Å². The number of halogens is 3. The van der Waals surface area contributed by atoms with Crippen molar-refractivity contribution in [2.75, 3.05) is 45.0 Å². The third-order valence-corrected chi connectivity index (χ3v) is 7.57. The molecule has 1 aromatic heterocycles. The van der Waals surface area contributed by atoms with E-state index in [0.29, 0.717) is 44.0 Å². The molecule has 0 aliphatic carbocycles. The summed E-state index contributed by atoms with van der Waals surface area (Å²) in [4.78, 5) is 24.0. The van der Waals surface area contributed by atoms with Gasteiger partial charge in [-0.05, 0) is 23.4 Å². The van der Waals surface area contributed by atoms with E-state index in [0.717, 1.165) is 5.56 Å². The van der Waals surface area contributed by atoms with E-state index in [-0.39, 0.29) is 18.2 Å². The van der Waals surface area contributed by atoms with Gasteiger partial charge in [0.25, 0.3) is 5.91 Å². The van der Waals surface area contributed by atoms with E-state index < -0.39 is 22.2 Å². The average molecular weight is 522 g/mol. The van der Waals surface area contributed by atoms with Crippen molar-refractivity contribution in [3.63, 3.8) is 0 Å². The van der Waals surface area contributed by atoms with Crippen LogP contribution in [-0.4, -0.2) is 85.8 Å². The van der Waals surface area contributed by atoms with Gasteiger partial charge in [-0.25, -0.2) is 13.2 Å². The summed E-state index contributed by atoms with van der Waals surface area (Å²) in [5.41, 5.74) is 1.13. The van der Waals surface area contributed by atoms with Crippen molar-refractivity contribution < 1.29 is 36.3 Å². The van der Waals surface area contributed by atoms with Gasteiger partial charge in [0, 0.05) is 39.3 Å². The summed E-state index contributed by atoms with van der Waals surface area (Å²) in [6, 6.07) is 13.6. The van der Waals surface area contributed by atoms with Crippen LogP contribution in [-0.2, 0) is 21.2 Å². The molecule has 0 atom stereocenters. The minimum atomic E-state index is -5.08. The third-order valence-electron chi connectivity index (χ3n) is 4.86. The molecule has 1 aliphatic heterocycles. The molecule has 0 unspecified atom stereocenters. The van der Waals surface area contributed by atoms with Gasteiger partial charge in [0.15, 0.2) is 0 Å².